The Hall–Kier alpha value is -0.950. The zero-order valence-corrected chi connectivity index (χ0v) is 13.6. The minimum absolute atomic E-state index is 0.0997. The van der Waals surface area contributed by atoms with Crippen LogP contribution in [0.4, 0.5) is 0 Å². The summed E-state index contributed by atoms with van der Waals surface area (Å²) in [5.41, 5.74) is 1.20. The maximum atomic E-state index is 9.61. The molecule has 6 heteroatoms. The third kappa shape index (κ3) is 3.51. The van der Waals surface area contributed by atoms with Crippen LogP contribution in [-0.2, 0) is 11.8 Å². The Balaban J connectivity index is 1.61. The summed E-state index contributed by atoms with van der Waals surface area (Å²) >= 11 is 0. The lowest BCUT2D eigenvalue weighted by Crippen LogP contribution is -2.50. The van der Waals surface area contributed by atoms with E-state index in [9.17, 15) is 5.11 Å². The maximum absolute atomic E-state index is 9.61. The van der Waals surface area contributed by atoms with Gasteiger partial charge in [-0.3, -0.25) is 9.58 Å². The van der Waals surface area contributed by atoms with Crippen LogP contribution in [0.3, 0.4) is 0 Å². The molecule has 0 aromatic carbocycles. The van der Waals surface area contributed by atoms with Crippen LogP contribution in [0.1, 0.15) is 37.4 Å². The van der Waals surface area contributed by atoms with E-state index >= 15 is 0 Å². The highest BCUT2D eigenvalue weighted by atomic mass is 16.5. The van der Waals surface area contributed by atoms with Gasteiger partial charge in [0.1, 0.15) is 0 Å². The van der Waals surface area contributed by atoms with E-state index in [1.54, 1.807) is 0 Å². The molecule has 0 radical (unpaired) electrons. The molecular formula is C16H28N4O2. The minimum atomic E-state index is -0.0997. The smallest absolute Gasteiger partial charge is 0.0911 e. The number of nitrogens with zero attached hydrogens (tertiary/aromatic N) is 3. The predicted molar refractivity (Wildman–Crippen MR) is 84.6 cm³/mol. The van der Waals surface area contributed by atoms with Gasteiger partial charge in [0.25, 0.3) is 0 Å². The van der Waals surface area contributed by atoms with Gasteiger partial charge >= 0.3 is 0 Å². The molecule has 2 fully saturated rings. The van der Waals surface area contributed by atoms with Crippen LogP contribution >= 0.6 is 0 Å². The molecule has 2 N–H and O–H groups in total. The van der Waals surface area contributed by atoms with Crippen molar-refractivity contribution in [2.75, 3.05) is 26.7 Å². The number of ether oxygens (including phenoxy) is 1. The quantitative estimate of drug-likeness (QED) is 0.857. The SMILES string of the molecule is CN1CCO[C@@H](CNC2CCC(O)CC2)[C@@H]1c1ccnn1C. The number of aliphatic hydroxyl groups excluding tert-OH is 1. The normalized spacial score (nSPS) is 34.0. The highest BCUT2D eigenvalue weighted by Gasteiger charge is 2.33. The van der Waals surface area contributed by atoms with Crippen molar-refractivity contribution in [1.29, 1.82) is 0 Å². The molecule has 2 atom stereocenters. The average Bonchev–Trinajstić information content (AvgIpc) is 2.92. The minimum Gasteiger partial charge on any atom is -0.393 e. The molecule has 1 saturated heterocycles. The Morgan fingerprint density at radius 2 is 2.09 bits per heavy atom. The number of hydrogen-bond donors (Lipinski definition) is 2. The van der Waals surface area contributed by atoms with Crippen LogP contribution in [0.2, 0.25) is 0 Å². The zero-order chi connectivity index (χ0) is 15.5. The lowest BCUT2D eigenvalue weighted by atomic mass is 9.92. The van der Waals surface area contributed by atoms with E-state index in [1.807, 2.05) is 17.9 Å². The van der Waals surface area contributed by atoms with Gasteiger partial charge < -0.3 is 15.2 Å². The van der Waals surface area contributed by atoms with Gasteiger partial charge in [-0.2, -0.15) is 5.10 Å². The molecule has 0 unspecified atom stereocenters. The fourth-order valence-corrected chi connectivity index (χ4v) is 3.69. The van der Waals surface area contributed by atoms with E-state index < -0.39 is 0 Å². The molecule has 0 spiro atoms. The fraction of sp³-hybridized carbons (Fsp3) is 0.812. The summed E-state index contributed by atoms with van der Waals surface area (Å²) in [6.45, 7) is 2.57. The first-order valence-corrected chi connectivity index (χ1v) is 8.36. The van der Waals surface area contributed by atoms with Gasteiger partial charge in [-0.15, -0.1) is 0 Å². The molecule has 3 rings (SSSR count). The lowest BCUT2D eigenvalue weighted by molar-refractivity contribution is -0.0653. The van der Waals surface area contributed by atoms with Crippen molar-refractivity contribution in [3.63, 3.8) is 0 Å². The van der Waals surface area contributed by atoms with Crippen molar-refractivity contribution >= 4 is 0 Å². The van der Waals surface area contributed by atoms with Crippen molar-refractivity contribution in [3.05, 3.63) is 18.0 Å². The number of rotatable bonds is 4. The summed E-state index contributed by atoms with van der Waals surface area (Å²) in [6.07, 6.45) is 5.83. The van der Waals surface area contributed by atoms with E-state index in [4.69, 9.17) is 4.74 Å². The number of aryl methyl sites for hydroxylation is 1. The molecule has 0 amide bonds. The van der Waals surface area contributed by atoms with Gasteiger partial charge in [0, 0.05) is 32.4 Å². The number of morpholine rings is 1. The largest absolute Gasteiger partial charge is 0.393 e. The summed E-state index contributed by atoms with van der Waals surface area (Å²) in [5, 5.41) is 17.6. The number of hydrogen-bond acceptors (Lipinski definition) is 5. The molecule has 2 aliphatic rings. The second-order valence-electron chi connectivity index (χ2n) is 6.63. The molecular weight excluding hydrogens is 280 g/mol. The van der Waals surface area contributed by atoms with Crippen molar-refractivity contribution in [2.24, 2.45) is 7.05 Å². The van der Waals surface area contributed by atoms with E-state index in [0.29, 0.717) is 6.04 Å². The Bertz CT molecular complexity index is 470. The van der Waals surface area contributed by atoms with E-state index in [-0.39, 0.29) is 18.2 Å². The van der Waals surface area contributed by atoms with Crippen LogP contribution in [0, 0.1) is 0 Å². The lowest BCUT2D eigenvalue weighted by Gasteiger charge is -2.40. The van der Waals surface area contributed by atoms with Crippen LogP contribution in [0.25, 0.3) is 0 Å². The predicted octanol–water partition coefficient (Wildman–Crippen LogP) is 0.685. The average molecular weight is 308 g/mol. The van der Waals surface area contributed by atoms with Gasteiger partial charge in [0.05, 0.1) is 30.6 Å². The Morgan fingerprint density at radius 3 is 2.77 bits per heavy atom. The highest BCUT2D eigenvalue weighted by molar-refractivity contribution is 5.10. The van der Waals surface area contributed by atoms with E-state index in [1.165, 1.54) is 5.69 Å². The Kier molecular flexibility index (Phi) is 5.13. The first kappa shape index (κ1) is 15.9. The molecule has 22 heavy (non-hydrogen) atoms. The van der Waals surface area contributed by atoms with E-state index in [2.05, 4.69) is 28.4 Å². The zero-order valence-electron chi connectivity index (χ0n) is 13.6. The van der Waals surface area contributed by atoms with Gasteiger partial charge in [0.15, 0.2) is 0 Å². The monoisotopic (exact) mass is 308 g/mol. The molecule has 0 bridgehead atoms. The highest BCUT2D eigenvalue weighted by Crippen LogP contribution is 2.28. The molecule has 6 nitrogen and oxygen atoms in total. The van der Waals surface area contributed by atoms with Crippen molar-refractivity contribution in [1.82, 2.24) is 20.0 Å². The summed E-state index contributed by atoms with van der Waals surface area (Å²) in [7, 11) is 4.15. The summed E-state index contributed by atoms with van der Waals surface area (Å²) in [6, 6.07) is 2.83. The first-order chi connectivity index (χ1) is 10.6. The maximum Gasteiger partial charge on any atom is 0.0911 e. The van der Waals surface area contributed by atoms with Crippen LogP contribution in [0.15, 0.2) is 12.3 Å². The molecule has 1 saturated carbocycles. The van der Waals surface area contributed by atoms with Crippen molar-refractivity contribution in [2.45, 2.75) is 50.0 Å². The number of aliphatic hydroxyl groups is 1. The van der Waals surface area contributed by atoms with E-state index in [0.717, 1.165) is 45.4 Å². The molecule has 1 aliphatic heterocycles. The fourth-order valence-electron chi connectivity index (χ4n) is 3.69. The van der Waals surface area contributed by atoms with Gasteiger partial charge in [-0.1, -0.05) is 0 Å². The van der Waals surface area contributed by atoms with Crippen molar-refractivity contribution in [3.8, 4) is 0 Å². The molecule has 124 valence electrons. The van der Waals surface area contributed by atoms with Crippen LogP contribution in [-0.4, -0.2) is 64.8 Å². The molecule has 1 aliphatic carbocycles. The van der Waals surface area contributed by atoms with Crippen molar-refractivity contribution < 1.29 is 9.84 Å². The van der Waals surface area contributed by atoms with Crippen LogP contribution in [0.5, 0.6) is 0 Å². The van der Waals surface area contributed by atoms with Gasteiger partial charge in [0.2, 0.25) is 0 Å². The third-order valence-electron chi connectivity index (χ3n) is 5.07. The van der Waals surface area contributed by atoms with Gasteiger partial charge in [-0.25, -0.2) is 0 Å². The summed E-state index contributed by atoms with van der Waals surface area (Å²) < 4.78 is 8.00. The Morgan fingerprint density at radius 1 is 1.32 bits per heavy atom. The Labute approximate surface area is 132 Å². The molecule has 1 aromatic rings. The third-order valence-corrected chi connectivity index (χ3v) is 5.07. The molecule has 2 heterocycles. The number of aromatic nitrogens is 2. The molecule has 1 aromatic heterocycles. The second kappa shape index (κ2) is 7.08. The summed E-state index contributed by atoms with van der Waals surface area (Å²) in [5.74, 6) is 0. The number of nitrogens with one attached hydrogen (secondary N) is 1. The summed E-state index contributed by atoms with van der Waals surface area (Å²) in [4.78, 5) is 2.36. The number of likely N-dealkylation sites (N-methyl/N-ethyl adjacent to an activating group) is 1. The van der Waals surface area contributed by atoms with Gasteiger partial charge in [-0.05, 0) is 38.8 Å². The second-order valence-corrected chi connectivity index (χ2v) is 6.63. The van der Waals surface area contributed by atoms with Crippen LogP contribution < -0.4 is 5.32 Å². The first-order valence-electron chi connectivity index (χ1n) is 8.36. The standard InChI is InChI=1S/C16H28N4O2/c1-19-9-10-22-15(16(19)14-7-8-18-20(14)2)11-17-12-3-5-13(21)6-4-12/h7-8,12-13,15-17,21H,3-6,9-11H2,1-2H3/t12?,13?,15-,16-/m0/s1. The topological polar surface area (TPSA) is 62.6 Å².